The molecule has 1 aliphatic rings. The first-order valence-electron chi connectivity index (χ1n) is 13.8. The third-order valence-electron chi connectivity index (χ3n) is 7.07. The number of thiophene rings is 1. The van der Waals surface area contributed by atoms with Crippen molar-refractivity contribution >= 4 is 57.9 Å². The summed E-state index contributed by atoms with van der Waals surface area (Å²) in [6.45, 7) is -0.0307. The van der Waals surface area contributed by atoms with E-state index in [2.05, 4.69) is 20.6 Å². The largest absolute Gasteiger partial charge is 0.345 e. The normalized spacial score (nSPS) is 14.3. The van der Waals surface area contributed by atoms with E-state index in [0.717, 1.165) is 27.9 Å². The number of amides is 2. The average Bonchev–Trinajstić information content (AvgIpc) is 3.83. The molecular weight excluding hydrogens is 653 g/mol. The molecule has 0 unspecified atom stereocenters. The Hall–Kier alpha value is -4.92. The van der Waals surface area contributed by atoms with Crippen molar-refractivity contribution in [1.29, 1.82) is 0 Å². The van der Waals surface area contributed by atoms with Gasteiger partial charge in [0.15, 0.2) is 11.0 Å². The molecule has 1 atom stereocenters. The van der Waals surface area contributed by atoms with Crippen LogP contribution in [0.3, 0.4) is 0 Å². The molecule has 0 aliphatic carbocycles. The molecule has 0 radical (unpaired) electrons. The van der Waals surface area contributed by atoms with Gasteiger partial charge in [-0.1, -0.05) is 47.6 Å². The molecular formula is C31H23ClFN7O4S2. The van der Waals surface area contributed by atoms with Crippen LogP contribution in [0.4, 0.5) is 10.1 Å². The predicted octanol–water partition coefficient (Wildman–Crippen LogP) is 6.43. The fourth-order valence-corrected chi connectivity index (χ4v) is 6.58. The van der Waals surface area contributed by atoms with Gasteiger partial charge in [0.05, 0.1) is 39.5 Å². The molecule has 0 saturated heterocycles. The molecule has 2 amide bonds. The van der Waals surface area contributed by atoms with Gasteiger partial charge in [0.2, 0.25) is 0 Å². The number of rotatable bonds is 10. The van der Waals surface area contributed by atoms with Gasteiger partial charge in [0.1, 0.15) is 5.82 Å². The quantitative estimate of drug-likeness (QED) is 0.102. The standard InChI is InChI=1S/C31H23ClFN7O4S2/c32-21-3-1-4-24(15-21)38-28(17-34-30(42)20-8-12-23(13-9-20)40(43)44)35-36-31(38)46-18-29(41)39-26(19-6-10-22(33)11-7-19)16-25(37-39)27-5-2-14-45-27/h1-15,26H,16-18H2,(H,34,42)/t26-/m1/s1. The van der Waals surface area contributed by atoms with Crippen LogP contribution in [0.2, 0.25) is 5.02 Å². The lowest BCUT2D eigenvalue weighted by atomic mass is 10.0. The number of nitrogens with zero attached hydrogens (tertiary/aromatic N) is 6. The first-order valence-corrected chi connectivity index (χ1v) is 16.1. The lowest BCUT2D eigenvalue weighted by Gasteiger charge is -2.22. The van der Waals surface area contributed by atoms with E-state index in [0.29, 0.717) is 28.1 Å². The minimum atomic E-state index is -0.541. The molecule has 6 rings (SSSR count). The van der Waals surface area contributed by atoms with Crippen LogP contribution >= 0.6 is 34.7 Å². The first kappa shape index (κ1) is 31.1. The Balaban J connectivity index is 1.22. The summed E-state index contributed by atoms with van der Waals surface area (Å²) in [6, 6.07) is 21.7. The fourth-order valence-electron chi connectivity index (χ4n) is 4.85. The topological polar surface area (TPSA) is 136 Å². The zero-order chi connectivity index (χ0) is 32.2. The zero-order valence-electron chi connectivity index (χ0n) is 23.7. The van der Waals surface area contributed by atoms with Crippen molar-refractivity contribution < 1.29 is 18.9 Å². The number of halogens is 2. The number of nitro benzene ring substituents is 1. The van der Waals surface area contributed by atoms with E-state index in [1.807, 2.05) is 17.5 Å². The smallest absolute Gasteiger partial charge is 0.269 e. The van der Waals surface area contributed by atoms with Crippen molar-refractivity contribution in [3.05, 3.63) is 133 Å². The summed E-state index contributed by atoms with van der Waals surface area (Å²) >= 11 is 8.97. The van der Waals surface area contributed by atoms with Gasteiger partial charge >= 0.3 is 0 Å². The summed E-state index contributed by atoms with van der Waals surface area (Å²) in [5.74, 6) is -0.766. The highest BCUT2D eigenvalue weighted by molar-refractivity contribution is 7.99. The predicted molar refractivity (Wildman–Crippen MR) is 173 cm³/mol. The lowest BCUT2D eigenvalue weighted by Crippen LogP contribution is -2.28. The Morgan fingerprint density at radius 3 is 2.54 bits per heavy atom. The van der Waals surface area contributed by atoms with Crippen molar-refractivity contribution in [2.45, 2.75) is 24.2 Å². The second-order valence-electron chi connectivity index (χ2n) is 10.0. The highest BCUT2D eigenvalue weighted by Crippen LogP contribution is 2.35. The third-order valence-corrected chi connectivity index (χ3v) is 9.13. The molecule has 0 saturated carbocycles. The van der Waals surface area contributed by atoms with Crippen LogP contribution in [0, 0.1) is 15.9 Å². The second kappa shape index (κ2) is 13.6. The van der Waals surface area contributed by atoms with E-state index in [1.165, 1.54) is 52.7 Å². The zero-order valence-corrected chi connectivity index (χ0v) is 26.1. The van der Waals surface area contributed by atoms with Crippen LogP contribution in [-0.4, -0.2) is 48.0 Å². The number of thioether (sulfide) groups is 1. The second-order valence-corrected chi connectivity index (χ2v) is 12.3. The highest BCUT2D eigenvalue weighted by atomic mass is 35.5. The van der Waals surface area contributed by atoms with Crippen LogP contribution in [0.1, 0.15) is 39.1 Å². The summed E-state index contributed by atoms with van der Waals surface area (Å²) in [5, 5.41) is 31.2. The van der Waals surface area contributed by atoms with Crippen molar-refractivity contribution in [2.24, 2.45) is 5.10 Å². The lowest BCUT2D eigenvalue weighted by molar-refractivity contribution is -0.384. The van der Waals surface area contributed by atoms with E-state index in [-0.39, 0.29) is 35.3 Å². The Labute approximate surface area is 274 Å². The number of non-ortho nitro benzene ring substituents is 1. The van der Waals surface area contributed by atoms with E-state index in [4.69, 9.17) is 11.6 Å². The fraction of sp³-hybridized carbons (Fsp3) is 0.129. The molecule has 3 heterocycles. The van der Waals surface area contributed by atoms with Crippen LogP contribution in [0.15, 0.2) is 101 Å². The van der Waals surface area contributed by atoms with Gasteiger partial charge in [-0.3, -0.25) is 24.3 Å². The molecule has 1 aliphatic heterocycles. The van der Waals surface area contributed by atoms with Crippen LogP contribution in [0.25, 0.3) is 5.69 Å². The number of hydrogen-bond acceptors (Lipinski definition) is 9. The summed E-state index contributed by atoms with van der Waals surface area (Å²) in [4.78, 5) is 37.8. The number of hydrogen-bond donors (Lipinski definition) is 1. The summed E-state index contributed by atoms with van der Waals surface area (Å²) in [7, 11) is 0. The van der Waals surface area contributed by atoms with Crippen molar-refractivity contribution in [3.63, 3.8) is 0 Å². The minimum Gasteiger partial charge on any atom is -0.345 e. The van der Waals surface area contributed by atoms with Crippen LogP contribution in [-0.2, 0) is 11.3 Å². The molecule has 0 bridgehead atoms. The van der Waals surface area contributed by atoms with Gasteiger partial charge < -0.3 is 5.32 Å². The number of hydrazone groups is 1. The third kappa shape index (κ3) is 6.83. The Bertz CT molecular complexity index is 1930. The molecule has 0 spiro atoms. The Morgan fingerprint density at radius 2 is 1.85 bits per heavy atom. The molecule has 3 aromatic carbocycles. The van der Waals surface area contributed by atoms with Crippen molar-refractivity contribution in [1.82, 2.24) is 25.1 Å². The van der Waals surface area contributed by atoms with Gasteiger partial charge in [0, 0.05) is 29.1 Å². The number of nitrogens with one attached hydrogen (secondary N) is 1. The molecule has 5 aromatic rings. The monoisotopic (exact) mass is 675 g/mol. The molecule has 232 valence electrons. The Morgan fingerprint density at radius 1 is 1.07 bits per heavy atom. The number of nitro groups is 1. The van der Waals surface area contributed by atoms with Crippen LogP contribution < -0.4 is 5.32 Å². The molecule has 0 fully saturated rings. The molecule has 2 aromatic heterocycles. The van der Waals surface area contributed by atoms with Gasteiger partial charge in [-0.15, -0.1) is 21.5 Å². The maximum Gasteiger partial charge on any atom is 0.269 e. The maximum absolute atomic E-state index is 13.7. The van der Waals surface area contributed by atoms with Crippen molar-refractivity contribution in [2.75, 3.05) is 5.75 Å². The van der Waals surface area contributed by atoms with Gasteiger partial charge in [-0.25, -0.2) is 9.40 Å². The summed E-state index contributed by atoms with van der Waals surface area (Å²) in [5.41, 5.74) is 2.28. The number of carbonyl (C=O) groups is 2. The first-order chi connectivity index (χ1) is 22.3. The van der Waals surface area contributed by atoms with Crippen molar-refractivity contribution in [3.8, 4) is 5.69 Å². The van der Waals surface area contributed by atoms with Gasteiger partial charge in [-0.2, -0.15) is 5.10 Å². The summed E-state index contributed by atoms with van der Waals surface area (Å²) in [6.07, 6.45) is 0.486. The number of benzene rings is 3. The molecule has 15 heteroatoms. The maximum atomic E-state index is 13.7. The van der Waals surface area contributed by atoms with E-state index >= 15 is 0 Å². The van der Waals surface area contributed by atoms with E-state index in [9.17, 15) is 24.1 Å². The van der Waals surface area contributed by atoms with Crippen LogP contribution in [0.5, 0.6) is 0 Å². The molecule has 11 nitrogen and oxygen atoms in total. The van der Waals surface area contributed by atoms with E-state index < -0.39 is 16.9 Å². The minimum absolute atomic E-state index is 0.0307. The number of carbonyl (C=O) groups excluding carboxylic acids is 2. The van der Waals surface area contributed by atoms with Gasteiger partial charge in [0.25, 0.3) is 17.5 Å². The van der Waals surface area contributed by atoms with Gasteiger partial charge in [-0.05, 0) is 59.5 Å². The summed E-state index contributed by atoms with van der Waals surface area (Å²) < 4.78 is 15.4. The van der Waals surface area contributed by atoms with E-state index in [1.54, 1.807) is 41.0 Å². The molecule has 1 N–H and O–H groups in total. The highest BCUT2D eigenvalue weighted by Gasteiger charge is 2.33. The SMILES string of the molecule is O=C(NCc1nnc(SCC(=O)N2N=C(c3cccs3)C[C@@H]2c2ccc(F)cc2)n1-c1cccc(Cl)c1)c1ccc([N+](=O)[O-])cc1. The average molecular weight is 676 g/mol. The Kier molecular flexibility index (Phi) is 9.19. The molecule has 46 heavy (non-hydrogen) atoms. The number of aromatic nitrogens is 3.